The van der Waals surface area contributed by atoms with Crippen LogP contribution in [0.5, 0.6) is 11.5 Å². The number of methoxy groups -OCH3 is 1. The van der Waals surface area contributed by atoms with E-state index in [1.807, 2.05) is 25.1 Å². The first-order valence-electron chi connectivity index (χ1n) is 14.4. The summed E-state index contributed by atoms with van der Waals surface area (Å²) < 4.78 is 42.1. The molecule has 3 nitrogen and oxygen atoms in total. The minimum atomic E-state index is -0.540. The molecular weight excluding hydrogens is 506 g/mol. The van der Waals surface area contributed by atoms with Crippen LogP contribution in [-0.4, -0.2) is 23.9 Å². The maximum atomic E-state index is 14.9. The van der Waals surface area contributed by atoms with Crippen molar-refractivity contribution in [3.8, 4) is 11.5 Å². The normalized spacial score (nSPS) is 23.8. The van der Waals surface area contributed by atoms with E-state index in [0.717, 1.165) is 48.1 Å². The van der Waals surface area contributed by atoms with Crippen LogP contribution in [0.2, 0.25) is 0 Å². The van der Waals surface area contributed by atoms with Gasteiger partial charge in [-0.2, -0.15) is 0 Å². The Morgan fingerprint density at radius 3 is 2.30 bits per heavy atom. The standard InChI is InChI=1S/C35H44F2O3/c1-22(2)9-8-10-23(3)11-14-27-28(36)18-25(19-29(27)37)13-12-24-17-26-21-31-34(4,5)32(38)15-16-35(31,6)40-33(26)30(20-24)39-7/h9,11-13,17-20,31-32,38H,8,10,14-16,21H2,1-7H3/b13-12+,23-11+/t31-,32-,35-/m1/s1. The molecule has 5 heteroatoms. The van der Waals surface area contributed by atoms with E-state index >= 15 is 0 Å². The minimum absolute atomic E-state index is 0.0895. The molecule has 0 amide bonds. The summed E-state index contributed by atoms with van der Waals surface area (Å²) in [5, 5.41) is 10.7. The van der Waals surface area contributed by atoms with Crippen LogP contribution < -0.4 is 9.47 Å². The zero-order valence-electron chi connectivity index (χ0n) is 25.0. The third-order valence-electron chi connectivity index (χ3n) is 8.92. The Hall–Kier alpha value is -2.92. The second kappa shape index (κ2) is 11.9. The number of benzene rings is 2. The van der Waals surface area contributed by atoms with Gasteiger partial charge in [-0.05, 0) is 113 Å². The molecule has 1 aliphatic carbocycles. The van der Waals surface area contributed by atoms with Crippen molar-refractivity contribution in [2.45, 2.75) is 91.8 Å². The van der Waals surface area contributed by atoms with E-state index in [1.54, 1.807) is 13.2 Å². The Balaban J connectivity index is 1.55. The molecule has 0 bridgehead atoms. The van der Waals surface area contributed by atoms with Crippen LogP contribution in [0.25, 0.3) is 12.2 Å². The average molecular weight is 551 g/mol. The van der Waals surface area contributed by atoms with Crippen molar-refractivity contribution in [2.75, 3.05) is 7.11 Å². The van der Waals surface area contributed by atoms with Crippen molar-refractivity contribution in [1.29, 1.82) is 0 Å². The van der Waals surface area contributed by atoms with Crippen molar-refractivity contribution in [1.82, 2.24) is 0 Å². The predicted octanol–water partition coefficient (Wildman–Crippen LogP) is 8.87. The lowest BCUT2D eigenvalue weighted by atomic mass is 9.57. The molecule has 2 aliphatic rings. The maximum Gasteiger partial charge on any atom is 0.165 e. The number of aliphatic hydroxyl groups is 1. The average Bonchev–Trinajstić information content (AvgIpc) is 2.88. The summed E-state index contributed by atoms with van der Waals surface area (Å²) in [5.74, 6) is 0.445. The van der Waals surface area contributed by atoms with E-state index in [4.69, 9.17) is 9.47 Å². The molecule has 1 saturated carbocycles. The molecule has 2 aromatic carbocycles. The third kappa shape index (κ3) is 6.35. The van der Waals surface area contributed by atoms with Gasteiger partial charge in [0.25, 0.3) is 0 Å². The van der Waals surface area contributed by atoms with Gasteiger partial charge in [0.05, 0.1) is 13.2 Å². The topological polar surface area (TPSA) is 38.7 Å². The first kappa shape index (κ1) is 30.0. The van der Waals surface area contributed by atoms with Crippen LogP contribution in [0.1, 0.15) is 89.5 Å². The molecule has 216 valence electrons. The summed E-state index contributed by atoms with van der Waals surface area (Å²) >= 11 is 0. The van der Waals surface area contributed by atoms with Gasteiger partial charge < -0.3 is 14.6 Å². The summed E-state index contributed by atoms with van der Waals surface area (Å²) in [7, 11) is 1.62. The van der Waals surface area contributed by atoms with E-state index in [2.05, 4.69) is 46.8 Å². The van der Waals surface area contributed by atoms with Crippen molar-refractivity contribution in [2.24, 2.45) is 11.3 Å². The highest BCUT2D eigenvalue weighted by atomic mass is 19.1. The number of allylic oxidation sites excluding steroid dienone is 4. The molecule has 40 heavy (non-hydrogen) atoms. The highest BCUT2D eigenvalue weighted by Gasteiger charge is 2.54. The van der Waals surface area contributed by atoms with Crippen LogP contribution in [0.4, 0.5) is 8.78 Å². The Morgan fingerprint density at radius 1 is 1.02 bits per heavy atom. The fourth-order valence-electron chi connectivity index (χ4n) is 6.31. The third-order valence-corrected chi connectivity index (χ3v) is 8.92. The van der Waals surface area contributed by atoms with Gasteiger partial charge in [0, 0.05) is 11.5 Å². The molecule has 1 aliphatic heterocycles. The lowest BCUT2D eigenvalue weighted by Crippen LogP contribution is -2.58. The van der Waals surface area contributed by atoms with Crippen LogP contribution in [0, 0.1) is 23.0 Å². The van der Waals surface area contributed by atoms with Crippen LogP contribution >= 0.6 is 0 Å². The van der Waals surface area contributed by atoms with E-state index in [9.17, 15) is 13.9 Å². The number of aliphatic hydroxyl groups excluding tert-OH is 1. The van der Waals surface area contributed by atoms with E-state index < -0.39 is 11.6 Å². The van der Waals surface area contributed by atoms with Crippen LogP contribution in [0.3, 0.4) is 0 Å². The lowest BCUT2D eigenvalue weighted by Gasteiger charge is -2.55. The number of halogens is 2. The molecule has 2 aromatic rings. The summed E-state index contributed by atoms with van der Waals surface area (Å²) in [6.07, 6.45) is 11.6. The van der Waals surface area contributed by atoms with Crippen LogP contribution in [-0.2, 0) is 12.8 Å². The molecule has 1 fully saturated rings. The van der Waals surface area contributed by atoms with Gasteiger partial charge in [-0.25, -0.2) is 8.78 Å². The van der Waals surface area contributed by atoms with Crippen molar-refractivity contribution in [3.05, 3.63) is 81.5 Å². The van der Waals surface area contributed by atoms with Gasteiger partial charge in [-0.3, -0.25) is 0 Å². The number of hydrogen-bond donors (Lipinski definition) is 1. The zero-order valence-corrected chi connectivity index (χ0v) is 25.0. The van der Waals surface area contributed by atoms with E-state index in [-0.39, 0.29) is 35.0 Å². The molecule has 0 aromatic heterocycles. The van der Waals surface area contributed by atoms with E-state index in [0.29, 0.717) is 17.7 Å². The molecule has 4 rings (SSSR count). The van der Waals surface area contributed by atoms with Gasteiger partial charge in [-0.15, -0.1) is 0 Å². The highest BCUT2D eigenvalue weighted by molar-refractivity contribution is 5.72. The second-order valence-corrected chi connectivity index (χ2v) is 12.6. The molecule has 0 spiro atoms. The van der Waals surface area contributed by atoms with Gasteiger partial charge in [0.15, 0.2) is 11.5 Å². The zero-order chi connectivity index (χ0) is 29.2. The minimum Gasteiger partial charge on any atom is -0.493 e. The first-order valence-corrected chi connectivity index (χ1v) is 14.4. The Labute approximate surface area is 238 Å². The fourth-order valence-corrected chi connectivity index (χ4v) is 6.31. The number of hydrogen-bond acceptors (Lipinski definition) is 3. The summed E-state index contributed by atoms with van der Waals surface area (Å²) in [6.45, 7) is 12.5. The van der Waals surface area contributed by atoms with E-state index in [1.165, 1.54) is 17.7 Å². The number of ether oxygens (including phenoxy) is 2. The largest absolute Gasteiger partial charge is 0.493 e. The number of fused-ring (bicyclic) bond motifs is 2. The van der Waals surface area contributed by atoms with Gasteiger partial charge in [0.1, 0.15) is 17.2 Å². The fraction of sp³-hybridized carbons (Fsp3) is 0.486. The maximum absolute atomic E-state index is 14.9. The van der Waals surface area contributed by atoms with Gasteiger partial charge in [0.2, 0.25) is 0 Å². The van der Waals surface area contributed by atoms with Gasteiger partial charge >= 0.3 is 0 Å². The molecule has 0 saturated heterocycles. The number of rotatable bonds is 8. The quantitative estimate of drug-likeness (QED) is 0.264. The summed E-state index contributed by atoms with van der Waals surface area (Å²) in [6, 6.07) is 6.72. The summed E-state index contributed by atoms with van der Waals surface area (Å²) in [5.41, 5.74) is 4.14. The first-order chi connectivity index (χ1) is 18.8. The Kier molecular flexibility index (Phi) is 8.94. The molecular formula is C35H44F2O3. The lowest BCUT2D eigenvalue weighted by molar-refractivity contribution is -0.138. The Bertz CT molecular complexity index is 1310. The molecule has 0 unspecified atom stereocenters. The Morgan fingerprint density at radius 2 is 1.68 bits per heavy atom. The summed E-state index contributed by atoms with van der Waals surface area (Å²) in [4.78, 5) is 0. The monoisotopic (exact) mass is 550 g/mol. The highest BCUT2D eigenvalue weighted by Crippen LogP contribution is 2.55. The molecule has 3 atom stereocenters. The van der Waals surface area contributed by atoms with Gasteiger partial charge in [-0.1, -0.05) is 49.3 Å². The van der Waals surface area contributed by atoms with Crippen molar-refractivity contribution in [3.63, 3.8) is 0 Å². The predicted molar refractivity (Wildman–Crippen MR) is 160 cm³/mol. The second-order valence-electron chi connectivity index (χ2n) is 12.6. The van der Waals surface area contributed by atoms with Crippen molar-refractivity contribution < 1.29 is 23.4 Å². The SMILES string of the molecule is COc1cc(/C=C/c2cc(F)c(C/C=C(\C)CCC=C(C)C)c(F)c2)cc2c1O[C@]1(C)CC[C@@H](O)C(C)(C)[C@H]1C2. The van der Waals surface area contributed by atoms with Crippen LogP contribution in [0.15, 0.2) is 47.6 Å². The molecule has 1 heterocycles. The molecule has 0 radical (unpaired) electrons. The molecule has 1 N–H and O–H groups in total. The van der Waals surface area contributed by atoms with Crippen molar-refractivity contribution >= 4 is 12.2 Å². The smallest absolute Gasteiger partial charge is 0.165 e.